The van der Waals surface area contributed by atoms with Gasteiger partial charge in [0, 0.05) is 52.0 Å². The zero-order valence-electron chi connectivity index (χ0n) is 25.3. The highest BCUT2D eigenvalue weighted by Gasteiger charge is 2.31. The number of aromatic amines is 1. The van der Waals surface area contributed by atoms with Crippen molar-refractivity contribution in [3.8, 4) is 5.75 Å². The molecule has 1 aliphatic carbocycles. The third-order valence-electron chi connectivity index (χ3n) is 7.78. The third kappa shape index (κ3) is 6.44. The Balaban J connectivity index is 1.44. The van der Waals surface area contributed by atoms with Gasteiger partial charge in [-0.1, -0.05) is 53.5 Å². The predicted octanol–water partition coefficient (Wildman–Crippen LogP) is 8.26. The molecule has 0 bridgehead atoms. The largest absolute Gasteiger partial charge is 0.511 e. The van der Waals surface area contributed by atoms with E-state index in [1.807, 2.05) is 58.9 Å². The van der Waals surface area contributed by atoms with Crippen LogP contribution in [0.25, 0.3) is 21.7 Å². The predicted molar refractivity (Wildman–Crippen MR) is 180 cm³/mol. The number of nitrogens with one attached hydrogen (secondary N) is 1. The van der Waals surface area contributed by atoms with Crippen molar-refractivity contribution < 1.29 is 15.0 Å². The van der Waals surface area contributed by atoms with Crippen LogP contribution in [0.1, 0.15) is 70.1 Å². The number of hydrogen-bond acceptors (Lipinski definition) is 6. The molecule has 1 atom stereocenters. The third-order valence-corrected chi connectivity index (χ3v) is 8.44. The molecule has 3 N–H and O–H groups in total. The van der Waals surface area contributed by atoms with Crippen LogP contribution in [0.15, 0.2) is 74.6 Å². The summed E-state index contributed by atoms with van der Waals surface area (Å²) in [6.07, 6.45) is 3.81. The van der Waals surface area contributed by atoms with Crippen molar-refractivity contribution in [2.24, 2.45) is 9.98 Å². The molecule has 228 valence electrons. The quantitative estimate of drug-likeness (QED) is 0.147. The van der Waals surface area contributed by atoms with Gasteiger partial charge in [0.05, 0.1) is 27.7 Å². The Morgan fingerprint density at radius 2 is 1.52 bits per heavy atom. The number of nitrogens with zero attached hydrogens (tertiary/aromatic N) is 2. The van der Waals surface area contributed by atoms with Crippen molar-refractivity contribution in [2.45, 2.75) is 70.9 Å². The van der Waals surface area contributed by atoms with Gasteiger partial charge >= 0.3 is 0 Å². The maximum absolute atomic E-state index is 13.1. The molecule has 0 amide bonds. The van der Waals surface area contributed by atoms with Crippen molar-refractivity contribution in [3.05, 3.63) is 97.0 Å². The zero-order valence-corrected chi connectivity index (χ0v) is 26.8. The molecule has 1 aromatic heterocycles. The van der Waals surface area contributed by atoms with Crippen LogP contribution in [0.4, 0.5) is 0 Å². The van der Waals surface area contributed by atoms with Gasteiger partial charge in [-0.15, -0.1) is 0 Å². The lowest BCUT2D eigenvalue weighted by Crippen LogP contribution is -2.24. The Labute approximate surface area is 266 Å². The maximum Gasteiger partial charge on any atom is 0.261 e. The van der Waals surface area contributed by atoms with Crippen LogP contribution in [0.3, 0.4) is 0 Å². The standard InChI is InChI=1S/C35H35Cl2N3O4/c1-34(2,3)38-18-25-32(43)23-13-12-21-19(8-6-9-22(21)31(23)40-33(25)44)16-35(4,5)39-17-24-28(41)14-20(15-29(24)42)30-26(36)10-7-11-27(30)37/h6-13,17-18,20,41H,14-16H2,1-5H3,(H2,40,43,44). The SMILES string of the molecule is CC(C)(C)N=Cc1c(O)c2ccc3c(CC(C)(C)N=CC4=C(O)CC(c5c(Cl)cccc5Cl)CC4=O)cccc3c2[nH]c1=O. The smallest absolute Gasteiger partial charge is 0.261 e. The number of fused-ring (bicyclic) bond motifs is 3. The van der Waals surface area contributed by atoms with Crippen molar-refractivity contribution in [1.82, 2.24) is 4.98 Å². The molecule has 4 aromatic rings. The molecule has 0 fully saturated rings. The van der Waals surface area contributed by atoms with Gasteiger partial charge in [-0.2, -0.15) is 0 Å². The number of aliphatic hydroxyl groups excluding tert-OH is 1. The molecule has 5 rings (SSSR count). The minimum Gasteiger partial charge on any atom is -0.511 e. The average Bonchev–Trinajstić information content (AvgIpc) is 2.91. The van der Waals surface area contributed by atoms with Gasteiger partial charge in [-0.3, -0.25) is 19.6 Å². The van der Waals surface area contributed by atoms with Gasteiger partial charge in [0.2, 0.25) is 0 Å². The molecule has 1 unspecified atom stereocenters. The van der Waals surface area contributed by atoms with Gasteiger partial charge in [0.25, 0.3) is 5.56 Å². The lowest BCUT2D eigenvalue weighted by Gasteiger charge is -2.25. The van der Waals surface area contributed by atoms with E-state index in [2.05, 4.69) is 9.98 Å². The van der Waals surface area contributed by atoms with Gasteiger partial charge in [0.15, 0.2) is 5.78 Å². The van der Waals surface area contributed by atoms with E-state index in [0.717, 1.165) is 16.3 Å². The van der Waals surface area contributed by atoms with Crippen LogP contribution >= 0.6 is 23.2 Å². The van der Waals surface area contributed by atoms with Crippen molar-refractivity contribution in [1.29, 1.82) is 0 Å². The number of hydrogen-bond donors (Lipinski definition) is 3. The van der Waals surface area contributed by atoms with Crippen molar-refractivity contribution >= 4 is 63.1 Å². The number of carbonyl (C=O) groups excluding carboxylic acids is 1. The monoisotopic (exact) mass is 631 g/mol. The fourth-order valence-corrected chi connectivity index (χ4v) is 6.34. The van der Waals surface area contributed by atoms with Crippen LogP contribution in [0.2, 0.25) is 10.0 Å². The Morgan fingerprint density at radius 3 is 2.18 bits per heavy atom. The summed E-state index contributed by atoms with van der Waals surface area (Å²) < 4.78 is 0. The Hall–Kier alpha value is -3.94. The summed E-state index contributed by atoms with van der Waals surface area (Å²) in [5.74, 6) is -0.680. The van der Waals surface area contributed by atoms with Gasteiger partial charge < -0.3 is 15.2 Å². The molecule has 3 aromatic carbocycles. The first-order chi connectivity index (χ1) is 20.6. The number of allylic oxidation sites excluding steroid dienone is 2. The van der Waals surface area contributed by atoms with Crippen LogP contribution in [0.5, 0.6) is 5.75 Å². The number of halogens is 2. The van der Waals surface area contributed by atoms with E-state index >= 15 is 0 Å². The highest BCUT2D eigenvalue weighted by Crippen LogP contribution is 2.40. The van der Waals surface area contributed by atoms with E-state index in [0.29, 0.717) is 32.9 Å². The fourth-order valence-electron chi connectivity index (χ4n) is 5.63. The first-order valence-electron chi connectivity index (χ1n) is 14.4. The van der Waals surface area contributed by atoms with Crippen LogP contribution in [0, 0.1) is 0 Å². The van der Waals surface area contributed by atoms with E-state index < -0.39 is 16.6 Å². The summed E-state index contributed by atoms with van der Waals surface area (Å²) >= 11 is 12.7. The van der Waals surface area contributed by atoms with E-state index in [1.165, 1.54) is 12.4 Å². The molecule has 0 radical (unpaired) electrons. The highest BCUT2D eigenvalue weighted by atomic mass is 35.5. The molecule has 9 heteroatoms. The first-order valence-corrected chi connectivity index (χ1v) is 15.2. The van der Waals surface area contributed by atoms with Crippen LogP contribution in [-0.4, -0.2) is 44.5 Å². The Morgan fingerprint density at radius 1 is 0.864 bits per heavy atom. The summed E-state index contributed by atoms with van der Waals surface area (Å²) in [5, 5.41) is 25.0. The number of aliphatic hydroxyl groups is 1. The molecular formula is C35H35Cl2N3O4. The second-order valence-electron chi connectivity index (χ2n) is 12.9. The molecule has 1 heterocycles. The number of Topliss-reactive ketones (excluding diaryl/α,β-unsaturated/α-hetero) is 1. The normalized spacial score (nSPS) is 16.7. The van der Waals surface area contributed by atoms with Crippen LogP contribution in [-0.2, 0) is 11.2 Å². The van der Waals surface area contributed by atoms with Gasteiger partial charge in [0.1, 0.15) is 11.5 Å². The number of carbonyl (C=O) groups is 1. The van der Waals surface area contributed by atoms with E-state index in [1.54, 1.807) is 24.3 Å². The number of benzene rings is 3. The minimum atomic E-state index is -0.636. The molecule has 7 nitrogen and oxygen atoms in total. The first kappa shape index (κ1) is 31.5. The number of H-pyrrole nitrogens is 1. The molecule has 0 saturated carbocycles. The molecule has 1 aliphatic rings. The summed E-state index contributed by atoms with van der Waals surface area (Å²) in [6.45, 7) is 9.65. The van der Waals surface area contributed by atoms with Gasteiger partial charge in [-0.25, -0.2) is 0 Å². The summed E-state index contributed by atoms with van der Waals surface area (Å²) in [6, 6.07) is 14.7. The minimum absolute atomic E-state index is 0.0332. The van der Waals surface area contributed by atoms with E-state index in [9.17, 15) is 19.8 Å². The molecular weight excluding hydrogens is 597 g/mol. The second kappa shape index (κ2) is 11.9. The van der Waals surface area contributed by atoms with Crippen molar-refractivity contribution in [2.75, 3.05) is 0 Å². The van der Waals surface area contributed by atoms with E-state index in [4.69, 9.17) is 28.2 Å². The summed E-state index contributed by atoms with van der Waals surface area (Å²) in [7, 11) is 0. The molecule has 44 heavy (non-hydrogen) atoms. The number of aromatic hydroxyl groups is 1. The lowest BCUT2D eigenvalue weighted by atomic mass is 9.82. The number of aromatic nitrogens is 1. The molecule has 0 spiro atoms. The summed E-state index contributed by atoms with van der Waals surface area (Å²) in [5.41, 5.74) is 1.05. The van der Waals surface area contributed by atoms with E-state index in [-0.39, 0.29) is 47.2 Å². The summed E-state index contributed by atoms with van der Waals surface area (Å²) in [4.78, 5) is 38.1. The van der Waals surface area contributed by atoms with Gasteiger partial charge in [-0.05, 0) is 75.8 Å². The topological polar surface area (TPSA) is 115 Å². The Bertz CT molecular complexity index is 1930. The number of rotatable bonds is 6. The van der Waals surface area contributed by atoms with Crippen LogP contribution < -0.4 is 5.56 Å². The molecule has 0 saturated heterocycles. The maximum atomic E-state index is 13.1. The highest BCUT2D eigenvalue weighted by molar-refractivity contribution is 6.36. The lowest BCUT2D eigenvalue weighted by molar-refractivity contribution is -0.116. The molecule has 0 aliphatic heterocycles. The van der Waals surface area contributed by atoms with Crippen molar-refractivity contribution in [3.63, 3.8) is 0 Å². The second-order valence-corrected chi connectivity index (χ2v) is 13.7. The number of ketones is 1. The number of pyridine rings is 1. The number of aliphatic imine (C=N–C) groups is 2. The Kier molecular flexibility index (Phi) is 8.49. The average molecular weight is 633 g/mol. The fraction of sp³-hybridized carbons (Fsp3) is 0.314. The zero-order chi connectivity index (χ0) is 32.0.